The first-order valence-corrected chi connectivity index (χ1v) is 11.3. The van der Waals surface area contributed by atoms with Crippen LogP contribution < -0.4 is 14.9 Å². The number of carbonyl (C=O) groups is 2. The molecule has 8 heteroatoms. The molecule has 0 aliphatic heterocycles. The lowest BCUT2D eigenvalue weighted by molar-refractivity contribution is -0.124. The molecule has 3 aromatic carbocycles. The van der Waals surface area contributed by atoms with Gasteiger partial charge in [0.15, 0.2) is 0 Å². The second-order valence-electron chi connectivity index (χ2n) is 7.44. The second kappa shape index (κ2) is 11.6. The van der Waals surface area contributed by atoms with E-state index in [2.05, 4.69) is 30.4 Å². The summed E-state index contributed by atoms with van der Waals surface area (Å²) >= 11 is 10.4. The predicted molar refractivity (Wildman–Crippen MR) is 137 cm³/mol. The summed E-state index contributed by atoms with van der Waals surface area (Å²) in [6.45, 7) is 4.84. The van der Waals surface area contributed by atoms with Crippen LogP contribution in [0.5, 0.6) is 0 Å². The highest BCUT2D eigenvalue weighted by Crippen LogP contribution is 2.27. The van der Waals surface area contributed by atoms with Crippen molar-refractivity contribution in [2.24, 2.45) is 0 Å². The van der Waals surface area contributed by atoms with Crippen LogP contribution in [0.1, 0.15) is 30.6 Å². The van der Waals surface area contributed by atoms with E-state index in [-0.39, 0.29) is 0 Å². The molecule has 2 amide bonds. The zero-order valence-corrected chi connectivity index (χ0v) is 20.1. The zero-order valence-electron chi connectivity index (χ0n) is 18.4. The van der Waals surface area contributed by atoms with Crippen LogP contribution in [0.15, 0.2) is 72.8 Å². The van der Waals surface area contributed by atoms with Gasteiger partial charge < -0.3 is 14.4 Å². The summed E-state index contributed by atoms with van der Waals surface area (Å²) in [7, 11) is 0. The largest absolute Gasteiger partial charge is 0.431 e. The van der Waals surface area contributed by atoms with Crippen molar-refractivity contribution in [3.8, 4) is 0 Å². The van der Waals surface area contributed by atoms with Gasteiger partial charge in [0.25, 0.3) is 5.91 Å². The van der Waals surface area contributed by atoms with Crippen molar-refractivity contribution in [1.82, 2.24) is 0 Å². The van der Waals surface area contributed by atoms with Gasteiger partial charge in [-0.05, 0) is 61.4 Å². The van der Waals surface area contributed by atoms with E-state index in [0.717, 1.165) is 24.2 Å². The Morgan fingerprint density at radius 3 is 2.30 bits per heavy atom. The topological polar surface area (TPSA) is 70.7 Å². The number of halogens is 1. The Hall–Kier alpha value is -3.16. The highest BCUT2D eigenvalue weighted by Gasteiger charge is 2.25. The van der Waals surface area contributed by atoms with Crippen molar-refractivity contribution in [3.05, 3.63) is 88.9 Å². The van der Waals surface area contributed by atoms with Crippen LogP contribution in [-0.2, 0) is 9.53 Å². The molecule has 3 rings (SSSR count). The summed E-state index contributed by atoms with van der Waals surface area (Å²) in [5.74, 6) is -0.462. The van der Waals surface area contributed by atoms with E-state index in [1.807, 2.05) is 29.4 Å². The molecular weight excluding hydrogens is 458 g/mol. The molecule has 0 fully saturated rings. The van der Waals surface area contributed by atoms with Crippen molar-refractivity contribution in [1.29, 1.82) is 0 Å². The molecule has 2 N–H and O–H groups in total. The summed E-state index contributed by atoms with van der Waals surface area (Å²) in [4.78, 5) is 25.6. The number of amides is 2. The molecule has 0 heterocycles. The van der Waals surface area contributed by atoms with Gasteiger partial charge in [0.05, 0.1) is 0 Å². The molecule has 0 spiro atoms. The Balaban J connectivity index is 1.75. The van der Waals surface area contributed by atoms with E-state index in [1.54, 1.807) is 54.6 Å². The molecule has 0 aliphatic carbocycles. The van der Waals surface area contributed by atoms with Gasteiger partial charge in [-0.15, -0.1) is 0 Å². The third-order valence-electron chi connectivity index (χ3n) is 4.83. The predicted octanol–water partition coefficient (Wildman–Crippen LogP) is 6.64. The van der Waals surface area contributed by atoms with Gasteiger partial charge >= 0.3 is 6.09 Å². The SMILES string of the molecule is CCCN(S)c1ccc(NC(=O)C(OC(=O)Nc2ccc(Cl)cc2)c2ccccc2)cc1C. The van der Waals surface area contributed by atoms with Crippen LogP contribution in [0, 0.1) is 6.92 Å². The van der Waals surface area contributed by atoms with Gasteiger partial charge in [0.2, 0.25) is 6.10 Å². The zero-order chi connectivity index (χ0) is 23.8. The number of rotatable bonds is 8. The molecule has 1 atom stereocenters. The number of benzene rings is 3. The van der Waals surface area contributed by atoms with Crippen molar-refractivity contribution in [2.75, 3.05) is 21.5 Å². The van der Waals surface area contributed by atoms with Gasteiger partial charge in [0, 0.05) is 34.2 Å². The lowest BCUT2D eigenvalue weighted by atomic mass is 10.1. The van der Waals surface area contributed by atoms with E-state index >= 15 is 0 Å². The van der Waals surface area contributed by atoms with Crippen molar-refractivity contribution < 1.29 is 14.3 Å². The Morgan fingerprint density at radius 1 is 1.00 bits per heavy atom. The van der Waals surface area contributed by atoms with Crippen molar-refractivity contribution >= 4 is 53.5 Å². The van der Waals surface area contributed by atoms with Crippen molar-refractivity contribution in [3.63, 3.8) is 0 Å². The number of thiol groups is 1. The second-order valence-corrected chi connectivity index (χ2v) is 8.36. The first-order chi connectivity index (χ1) is 15.9. The molecule has 33 heavy (non-hydrogen) atoms. The molecule has 0 radical (unpaired) electrons. The minimum absolute atomic E-state index is 0.462. The standard InChI is InChI=1S/C25H26ClN3O3S/c1-3-15-29(33)22-14-13-21(16-17(22)2)27-24(30)23(18-7-5-4-6-8-18)32-25(31)28-20-11-9-19(26)10-12-20/h4-14,16,23,33H,3,15H2,1-2H3,(H,27,30)(H,28,31). The minimum atomic E-state index is -1.14. The Kier molecular flexibility index (Phi) is 8.63. The summed E-state index contributed by atoms with van der Waals surface area (Å²) < 4.78 is 7.39. The highest BCUT2D eigenvalue weighted by molar-refractivity contribution is 7.81. The fourth-order valence-corrected chi connectivity index (χ4v) is 3.80. The minimum Gasteiger partial charge on any atom is -0.431 e. The molecular formula is C25H26ClN3O3S. The molecule has 6 nitrogen and oxygen atoms in total. The smallest absolute Gasteiger partial charge is 0.412 e. The Labute approximate surface area is 204 Å². The average molecular weight is 484 g/mol. The number of hydrogen-bond donors (Lipinski definition) is 3. The summed E-state index contributed by atoms with van der Waals surface area (Å²) in [5.41, 5.74) is 3.60. The first-order valence-electron chi connectivity index (χ1n) is 10.5. The van der Waals surface area contributed by atoms with Gasteiger partial charge in [-0.1, -0.05) is 61.7 Å². The summed E-state index contributed by atoms with van der Waals surface area (Å²) in [6, 6.07) is 21.0. The molecule has 0 saturated carbocycles. The van der Waals surface area contributed by atoms with Gasteiger partial charge in [-0.25, -0.2) is 4.79 Å². The number of nitrogens with zero attached hydrogens (tertiary/aromatic N) is 1. The molecule has 3 aromatic rings. The number of ether oxygens (including phenoxy) is 1. The van der Waals surface area contributed by atoms with Crippen LogP contribution in [-0.4, -0.2) is 18.5 Å². The monoisotopic (exact) mass is 483 g/mol. The number of hydrogen-bond acceptors (Lipinski definition) is 5. The third kappa shape index (κ3) is 6.91. The van der Waals surface area contributed by atoms with E-state index in [9.17, 15) is 9.59 Å². The van der Waals surface area contributed by atoms with Crippen LogP contribution >= 0.6 is 24.4 Å². The Bertz CT molecular complexity index is 1090. The van der Waals surface area contributed by atoms with Gasteiger partial charge in [0.1, 0.15) is 0 Å². The summed E-state index contributed by atoms with van der Waals surface area (Å²) in [6.07, 6.45) is -0.923. The van der Waals surface area contributed by atoms with Gasteiger partial charge in [-0.2, -0.15) is 0 Å². The molecule has 0 aliphatic rings. The number of nitrogens with one attached hydrogen (secondary N) is 2. The molecule has 1 unspecified atom stereocenters. The van der Waals surface area contributed by atoms with Crippen LogP contribution in [0.4, 0.5) is 21.9 Å². The lowest BCUT2D eigenvalue weighted by Crippen LogP contribution is -2.28. The maximum atomic E-state index is 13.1. The summed E-state index contributed by atoms with van der Waals surface area (Å²) in [5, 5.41) is 6.02. The number of carbonyl (C=O) groups excluding carboxylic acids is 2. The van der Waals surface area contributed by atoms with Crippen LogP contribution in [0.3, 0.4) is 0 Å². The quantitative estimate of drug-likeness (QED) is 0.314. The fraction of sp³-hybridized carbons (Fsp3) is 0.200. The van der Waals surface area contributed by atoms with E-state index in [0.29, 0.717) is 22.0 Å². The average Bonchev–Trinajstić information content (AvgIpc) is 2.79. The maximum Gasteiger partial charge on any atom is 0.412 e. The van der Waals surface area contributed by atoms with E-state index < -0.39 is 18.1 Å². The van der Waals surface area contributed by atoms with Crippen molar-refractivity contribution in [2.45, 2.75) is 26.4 Å². The fourth-order valence-electron chi connectivity index (χ4n) is 3.25. The molecule has 0 bridgehead atoms. The normalized spacial score (nSPS) is 11.4. The first kappa shape index (κ1) is 24.5. The number of anilines is 3. The maximum absolute atomic E-state index is 13.1. The molecule has 172 valence electrons. The van der Waals surface area contributed by atoms with E-state index in [4.69, 9.17) is 16.3 Å². The van der Waals surface area contributed by atoms with Gasteiger partial charge in [-0.3, -0.25) is 10.1 Å². The molecule has 0 saturated heterocycles. The van der Waals surface area contributed by atoms with E-state index in [1.165, 1.54) is 0 Å². The highest BCUT2D eigenvalue weighted by atomic mass is 35.5. The number of aryl methyl sites for hydroxylation is 1. The Morgan fingerprint density at radius 2 is 1.67 bits per heavy atom. The van der Waals surface area contributed by atoms with Crippen LogP contribution in [0.2, 0.25) is 5.02 Å². The molecule has 0 aromatic heterocycles. The lowest BCUT2D eigenvalue weighted by Gasteiger charge is -2.21. The third-order valence-corrected chi connectivity index (χ3v) is 5.50. The van der Waals surface area contributed by atoms with Crippen LogP contribution in [0.25, 0.3) is 0 Å².